The van der Waals surface area contributed by atoms with E-state index in [1.54, 1.807) is 10.5 Å². The highest BCUT2D eigenvalue weighted by molar-refractivity contribution is 5.81. The van der Waals surface area contributed by atoms with Gasteiger partial charge in [0.1, 0.15) is 11.5 Å². The number of para-hydroxylation sites is 1. The second-order valence-electron chi connectivity index (χ2n) is 4.71. The number of hydrogen-bond donors (Lipinski definition) is 0. The van der Waals surface area contributed by atoms with Crippen molar-refractivity contribution in [3.05, 3.63) is 52.8 Å². The van der Waals surface area contributed by atoms with Gasteiger partial charge in [0.2, 0.25) is 0 Å². The Morgan fingerprint density at radius 1 is 1.10 bits per heavy atom. The van der Waals surface area contributed by atoms with Gasteiger partial charge in [0.15, 0.2) is 0 Å². The standard InChI is InChI=1S/C16H17N3O/c1-3-18(4-2)15-11-16(20)19-13-8-6-5-7-12(13)9-10-14(19)17-15/h5-11H,3-4H2,1-2H3. The molecular weight excluding hydrogens is 250 g/mol. The van der Waals surface area contributed by atoms with Crippen LogP contribution in [0.5, 0.6) is 0 Å². The molecule has 2 aromatic heterocycles. The Labute approximate surface area is 117 Å². The molecule has 3 aromatic rings. The van der Waals surface area contributed by atoms with E-state index in [1.807, 2.05) is 36.4 Å². The van der Waals surface area contributed by atoms with Gasteiger partial charge in [0, 0.05) is 19.2 Å². The monoisotopic (exact) mass is 267 g/mol. The molecule has 0 aliphatic rings. The van der Waals surface area contributed by atoms with Crippen molar-refractivity contribution in [2.45, 2.75) is 13.8 Å². The molecular formula is C16H17N3O. The van der Waals surface area contributed by atoms with Crippen LogP contribution in [0.2, 0.25) is 0 Å². The summed E-state index contributed by atoms with van der Waals surface area (Å²) >= 11 is 0. The number of pyridine rings is 1. The maximum atomic E-state index is 12.4. The van der Waals surface area contributed by atoms with Crippen LogP contribution >= 0.6 is 0 Å². The summed E-state index contributed by atoms with van der Waals surface area (Å²) in [5.41, 5.74) is 1.56. The molecule has 0 amide bonds. The van der Waals surface area contributed by atoms with Gasteiger partial charge in [-0.25, -0.2) is 4.98 Å². The molecule has 4 heteroatoms. The van der Waals surface area contributed by atoms with Gasteiger partial charge in [-0.3, -0.25) is 9.20 Å². The third kappa shape index (κ3) is 1.93. The van der Waals surface area contributed by atoms with Gasteiger partial charge in [-0.15, -0.1) is 0 Å². The lowest BCUT2D eigenvalue weighted by Crippen LogP contribution is -2.26. The summed E-state index contributed by atoms with van der Waals surface area (Å²) < 4.78 is 1.67. The smallest absolute Gasteiger partial charge is 0.260 e. The molecule has 0 atom stereocenters. The Morgan fingerprint density at radius 3 is 2.60 bits per heavy atom. The Bertz CT molecular complexity index is 819. The summed E-state index contributed by atoms with van der Waals surface area (Å²) in [6.07, 6.45) is 0. The Kier molecular flexibility index (Phi) is 3.14. The average Bonchev–Trinajstić information content (AvgIpc) is 2.48. The summed E-state index contributed by atoms with van der Waals surface area (Å²) in [6, 6.07) is 13.4. The van der Waals surface area contributed by atoms with Crippen molar-refractivity contribution in [2.75, 3.05) is 18.0 Å². The molecule has 102 valence electrons. The molecule has 0 aliphatic heterocycles. The molecule has 0 aliphatic carbocycles. The number of anilines is 1. The first-order valence-corrected chi connectivity index (χ1v) is 6.91. The fraction of sp³-hybridized carbons (Fsp3) is 0.250. The maximum Gasteiger partial charge on any atom is 0.260 e. The minimum absolute atomic E-state index is 0.0336. The molecule has 20 heavy (non-hydrogen) atoms. The van der Waals surface area contributed by atoms with Crippen LogP contribution in [-0.4, -0.2) is 22.5 Å². The first-order valence-electron chi connectivity index (χ1n) is 6.91. The van der Waals surface area contributed by atoms with Gasteiger partial charge in [-0.1, -0.05) is 18.2 Å². The van der Waals surface area contributed by atoms with E-state index in [2.05, 4.69) is 23.7 Å². The lowest BCUT2D eigenvalue weighted by Gasteiger charge is -2.20. The third-order valence-electron chi connectivity index (χ3n) is 3.61. The van der Waals surface area contributed by atoms with E-state index in [0.29, 0.717) is 5.65 Å². The fourth-order valence-electron chi connectivity index (χ4n) is 2.55. The van der Waals surface area contributed by atoms with Crippen molar-refractivity contribution in [1.29, 1.82) is 0 Å². The number of fused-ring (bicyclic) bond motifs is 3. The van der Waals surface area contributed by atoms with Gasteiger partial charge >= 0.3 is 0 Å². The van der Waals surface area contributed by atoms with E-state index in [1.165, 1.54) is 0 Å². The van der Waals surface area contributed by atoms with Crippen LogP contribution in [0.3, 0.4) is 0 Å². The van der Waals surface area contributed by atoms with Gasteiger partial charge < -0.3 is 4.90 Å². The van der Waals surface area contributed by atoms with Crippen molar-refractivity contribution in [2.24, 2.45) is 0 Å². The highest BCUT2D eigenvalue weighted by Gasteiger charge is 2.09. The predicted octanol–water partition coefficient (Wildman–Crippen LogP) is 2.69. The van der Waals surface area contributed by atoms with Crippen LogP contribution in [0.4, 0.5) is 5.82 Å². The Balaban J connectivity index is 2.34. The lowest BCUT2D eigenvalue weighted by atomic mass is 10.2. The highest BCUT2D eigenvalue weighted by Crippen LogP contribution is 2.16. The molecule has 4 nitrogen and oxygen atoms in total. The van der Waals surface area contributed by atoms with Crippen LogP contribution in [-0.2, 0) is 0 Å². The summed E-state index contributed by atoms with van der Waals surface area (Å²) in [7, 11) is 0. The molecule has 0 spiro atoms. The number of rotatable bonds is 3. The molecule has 0 radical (unpaired) electrons. The van der Waals surface area contributed by atoms with Gasteiger partial charge in [-0.2, -0.15) is 0 Å². The summed E-state index contributed by atoms with van der Waals surface area (Å²) in [5, 5.41) is 1.04. The molecule has 0 unspecified atom stereocenters. The van der Waals surface area contributed by atoms with E-state index >= 15 is 0 Å². The molecule has 0 bridgehead atoms. The second-order valence-corrected chi connectivity index (χ2v) is 4.71. The Hall–Kier alpha value is -2.36. The van der Waals surface area contributed by atoms with E-state index < -0.39 is 0 Å². The van der Waals surface area contributed by atoms with Crippen molar-refractivity contribution < 1.29 is 0 Å². The van der Waals surface area contributed by atoms with Gasteiger partial charge in [0.25, 0.3) is 5.56 Å². The fourth-order valence-corrected chi connectivity index (χ4v) is 2.55. The summed E-state index contributed by atoms with van der Waals surface area (Å²) in [6.45, 7) is 5.81. The zero-order valence-corrected chi connectivity index (χ0v) is 11.7. The summed E-state index contributed by atoms with van der Waals surface area (Å²) in [4.78, 5) is 19.1. The quantitative estimate of drug-likeness (QED) is 0.685. The highest BCUT2D eigenvalue weighted by atomic mass is 16.1. The molecule has 1 aromatic carbocycles. The van der Waals surface area contributed by atoms with Crippen molar-refractivity contribution in [1.82, 2.24) is 9.38 Å². The van der Waals surface area contributed by atoms with Crippen LogP contribution in [0.1, 0.15) is 13.8 Å². The van der Waals surface area contributed by atoms with Crippen LogP contribution in [0.15, 0.2) is 47.3 Å². The molecule has 0 saturated carbocycles. The Morgan fingerprint density at radius 2 is 1.85 bits per heavy atom. The number of hydrogen-bond acceptors (Lipinski definition) is 3. The van der Waals surface area contributed by atoms with E-state index in [4.69, 9.17) is 0 Å². The number of benzene rings is 1. The average molecular weight is 267 g/mol. The molecule has 0 N–H and O–H groups in total. The third-order valence-corrected chi connectivity index (χ3v) is 3.61. The topological polar surface area (TPSA) is 37.6 Å². The summed E-state index contributed by atoms with van der Waals surface area (Å²) in [5.74, 6) is 0.746. The first-order chi connectivity index (χ1) is 9.74. The first kappa shape index (κ1) is 12.7. The SMILES string of the molecule is CCN(CC)c1cc(=O)n2c(ccc3ccccc32)n1. The van der Waals surface area contributed by atoms with Crippen LogP contribution in [0, 0.1) is 0 Å². The normalized spacial score (nSPS) is 11.1. The predicted molar refractivity (Wildman–Crippen MR) is 82.5 cm³/mol. The lowest BCUT2D eigenvalue weighted by molar-refractivity contribution is 0.841. The zero-order valence-electron chi connectivity index (χ0n) is 11.7. The molecule has 2 heterocycles. The van der Waals surface area contributed by atoms with Crippen LogP contribution < -0.4 is 10.5 Å². The van der Waals surface area contributed by atoms with Gasteiger partial charge in [-0.05, 0) is 37.4 Å². The minimum Gasteiger partial charge on any atom is -0.357 e. The zero-order chi connectivity index (χ0) is 14.1. The molecule has 3 rings (SSSR count). The van der Waals surface area contributed by atoms with E-state index in [0.717, 1.165) is 29.8 Å². The van der Waals surface area contributed by atoms with Gasteiger partial charge in [0.05, 0.1) is 5.52 Å². The van der Waals surface area contributed by atoms with Crippen molar-refractivity contribution in [3.8, 4) is 0 Å². The number of nitrogens with zero attached hydrogens (tertiary/aromatic N) is 3. The maximum absolute atomic E-state index is 12.4. The molecule has 0 fully saturated rings. The van der Waals surface area contributed by atoms with E-state index in [9.17, 15) is 4.79 Å². The van der Waals surface area contributed by atoms with E-state index in [-0.39, 0.29) is 5.56 Å². The van der Waals surface area contributed by atoms with Crippen molar-refractivity contribution in [3.63, 3.8) is 0 Å². The van der Waals surface area contributed by atoms with Crippen LogP contribution in [0.25, 0.3) is 16.6 Å². The molecule has 0 saturated heterocycles. The largest absolute Gasteiger partial charge is 0.357 e. The number of aromatic nitrogens is 2. The minimum atomic E-state index is -0.0336. The second kappa shape index (κ2) is 4.96. The van der Waals surface area contributed by atoms with Crippen molar-refractivity contribution >= 4 is 22.4 Å².